The third-order valence-corrected chi connectivity index (χ3v) is 8.40. The van der Waals surface area contributed by atoms with Gasteiger partial charge in [0.05, 0.1) is 0 Å². The van der Waals surface area contributed by atoms with Gasteiger partial charge >= 0.3 is 24.7 Å². The molecule has 2 N–H and O–H groups in total. The topological polar surface area (TPSA) is 40.5 Å². The fourth-order valence-corrected chi connectivity index (χ4v) is 7.33. The van der Waals surface area contributed by atoms with E-state index in [1.54, 1.807) is 12.2 Å². The van der Waals surface area contributed by atoms with Crippen LogP contribution in [0, 0.1) is 47.3 Å². The molecule has 0 heterocycles. The molecule has 4 aliphatic rings. The highest BCUT2D eigenvalue weighted by atomic mass is 19.4. The van der Waals surface area contributed by atoms with Gasteiger partial charge in [-0.1, -0.05) is 12.2 Å². The second kappa shape index (κ2) is 6.73. The van der Waals surface area contributed by atoms with Crippen molar-refractivity contribution in [3.05, 3.63) is 12.2 Å². The molecule has 0 saturated heterocycles. The van der Waals surface area contributed by atoms with Gasteiger partial charge in [-0.15, -0.1) is 0 Å². The van der Waals surface area contributed by atoms with Crippen molar-refractivity contribution < 1.29 is 62.9 Å². The quantitative estimate of drug-likeness (QED) is 0.306. The Hall–Kier alpha value is -1.18. The summed E-state index contributed by atoms with van der Waals surface area (Å²) in [5.41, 5.74) is -11.1. The molecule has 0 radical (unpaired) electrons. The molecule has 8 unspecified atom stereocenters. The SMILES string of the molecule is OC(CC1C2CC(C3C4C=CC(C4)C23)C1C(O)(C(F)(F)F)C(F)(F)F)(C(F)(F)F)C(F)(F)F. The van der Waals surface area contributed by atoms with Crippen LogP contribution in [-0.2, 0) is 0 Å². The van der Waals surface area contributed by atoms with Gasteiger partial charge in [-0.2, -0.15) is 52.7 Å². The first-order chi connectivity index (χ1) is 14.7. The molecule has 4 rings (SSSR count). The fraction of sp³-hybridized carbons (Fsp3) is 0.895. The molecule has 33 heavy (non-hydrogen) atoms. The molecule has 0 aliphatic heterocycles. The lowest BCUT2D eigenvalue weighted by molar-refractivity contribution is -0.402. The van der Waals surface area contributed by atoms with E-state index in [-0.39, 0.29) is 0 Å². The first-order valence-corrected chi connectivity index (χ1v) is 10.1. The van der Waals surface area contributed by atoms with Crippen molar-refractivity contribution in [2.24, 2.45) is 47.3 Å². The number of hydrogen-bond acceptors (Lipinski definition) is 2. The third-order valence-electron chi connectivity index (χ3n) is 8.40. The van der Waals surface area contributed by atoms with Crippen LogP contribution in [0.25, 0.3) is 0 Å². The van der Waals surface area contributed by atoms with Crippen molar-refractivity contribution in [1.82, 2.24) is 0 Å². The van der Waals surface area contributed by atoms with E-state index in [9.17, 15) is 62.9 Å². The zero-order valence-corrected chi connectivity index (χ0v) is 16.3. The van der Waals surface area contributed by atoms with Gasteiger partial charge in [0.25, 0.3) is 11.2 Å². The van der Waals surface area contributed by atoms with E-state index in [0.29, 0.717) is 6.42 Å². The van der Waals surface area contributed by atoms with E-state index >= 15 is 0 Å². The minimum atomic E-state index is -6.42. The van der Waals surface area contributed by atoms with Crippen LogP contribution < -0.4 is 0 Å². The number of hydrogen-bond donors (Lipinski definition) is 2. The van der Waals surface area contributed by atoms with Gasteiger partial charge in [-0.05, 0) is 60.7 Å². The van der Waals surface area contributed by atoms with E-state index in [0.717, 1.165) is 0 Å². The standard InChI is InChI=1S/C19H18F12O2/c20-16(21,22)14(32,17(23,24)25)5-10-8-4-9(12-7-2-1-6(3-7)11(8)12)13(10)15(33,18(26,27)28)19(29,30)31/h1-2,6-13,32-33H,3-5H2. The molecule has 4 aliphatic carbocycles. The Morgan fingerprint density at radius 2 is 1.03 bits per heavy atom. The first kappa shape index (κ1) is 24.9. The summed E-state index contributed by atoms with van der Waals surface area (Å²) in [4.78, 5) is 0. The second-order valence-electron chi connectivity index (χ2n) is 9.68. The van der Waals surface area contributed by atoms with E-state index in [1.165, 1.54) is 0 Å². The Bertz CT molecular complexity index is 795. The molecule has 0 aromatic rings. The average molecular weight is 506 g/mol. The zero-order chi connectivity index (χ0) is 25.2. The molecule has 14 heteroatoms. The molecule has 8 atom stereocenters. The molecule has 3 fully saturated rings. The highest BCUT2D eigenvalue weighted by Crippen LogP contribution is 2.73. The molecule has 0 spiro atoms. The molecule has 2 nitrogen and oxygen atoms in total. The van der Waals surface area contributed by atoms with Crippen molar-refractivity contribution in [2.45, 2.75) is 55.2 Å². The predicted octanol–water partition coefficient (Wildman–Crippen LogP) is 5.41. The lowest BCUT2D eigenvalue weighted by Gasteiger charge is -2.50. The molecule has 0 amide bonds. The zero-order valence-electron chi connectivity index (χ0n) is 16.3. The number of allylic oxidation sites excluding steroid dienone is 2. The predicted molar refractivity (Wildman–Crippen MR) is 85.0 cm³/mol. The number of fused-ring (bicyclic) bond motifs is 9. The van der Waals surface area contributed by atoms with Gasteiger partial charge in [-0.3, -0.25) is 0 Å². The third kappa shape index (κ3) is 3.10. The largest absolute Gasteiger partial charge is 0.426 e. The smallest absolute Gasteiger partial charge is 0.374 e. The van der Waals surface area contributed by atoms with Crippen LogP contribution in [0.4, 0.5) is 52.7 Å². The summed E-state index contributed by atoms with van der Waals surface area (Å²) in [5, 5.41) is 19.7. The molecule has 0 aromatic heterocycles. The summed E-state index contributed by atoms with van der Waals surface area (Å²) in [5.74, 6) is -10.9. The lowest BCUT2D eigenvalue weighted by atomic mass is 9.58. The Morgan fingerprint density at radius 1 is 0.606 bits per heavy atom. The van der Waals surface area contributed by atoms with Crippen LogP contribution in [0.2, 0.25) is 0 Å². The molecular formula is C19H18F12O2. The van der Waals surface area contributed by atoms with Crippen molar-refractivity contribution in [3.8, 4) is 0 Å². The summed E-state index contributed by atoms with van der Waals surface area (Å²) < 4.78 is 162. The van der Waals surface area contributed by atoms with Gasteiger partial charge in [-0.25, -0.2) is 0 Å². The highest BCUT2D eigenvalue weighted by Gasteiger charge is 2.82. The Kier molecular flexibility index (Phi) is 5.08. The van der Waals surface area contributed by atoms with Gasteiger partial charge in [0.1, 0.15) is 0 Å². The van der Waals surface area contributed by atoms with Crippen LogP contribution in [0.3, 0.4) is 0 Å². The Labute approximate surface area is 178 Å². The van der Waals surface area contributed by atoms with E-state index in [2.05, 4.69) is 0 Å². The van der Waals surface area contributed by atoms with Crippen LogP contribution in [-0.4, -0.2) is 46.1 Å². The minimum absolute atomic E-state index is 0.320. The maximum atomic E-state index is 13.7. The van der Waals surface area contributed by atoms with Gasteiger partial charge in [0.2, 0.25) is 0 Å². The first-order valence-electron chi connectivity index (χ1n) is 10.1. The number of aliphatic hydroxyl groups is 2. The molecule has 4 bridgehead atoms. The van der Waals surface area contributed by atoms with E-state index in [4.69, 9.17) is 0 Å². The fourth-order valence-electron chi connectivity index (χ4n) is 7.33. The maximum absolute atomic E-state index is 13.7. The van der Waals surface area contributed by atoms with Crippen LogP contribution >= 0.6 is 0 Å². The van der Waals surface area contributed by atoms with Crippen LogP contribution in [0.1, 0.15) is 19.3 Å². The lowest BCUT2D eigenvalue weighted by Crippen LogP contribution is -2.67. The summed E-state index contributed by atoms with van der Waals surface area (Å²) in [6.45, 7) is 0. The molecule has 0 aromatic carbocycles. The van der Waals surface area contributed by atoms with Gasteiger partial charge in [0, 0.05) is 5.92 Å². The summed E-state index contributed by atoms with van der Waals surface area (Å²) >= 11 is 0. The van der Waals surface area contributed by atoms with Crippen molar-refractivity contribution in [1.29, 1.82) is 0 Å². The summed E-state index contributed by atoms with van der Waals surface area (Å²) in [6.07, 6.45) is -25.1. The normalized spacial score (nSPS) is 39.0. The molecular weight excluding hydrogens is 488 g/mol. The highest BCUT2D eigenvalue weighted by molar-refractivity contribution is 5.25. The maximum Gasteiger partial charge on any atom is 0.426 e. The number of halogens is 12. The van der Waals surface area contributed by atoms with Crippen LogP contribution in [0.5, 0.6) is 0 Å². The van der Waals surface area contributed by atoms with E-state index in [1.807, 2.05) is 0 Å². The Morgan fingerprint density at radius 3 is 1.42 bits per heavy atom. The van der Waals surface area contributed by atoms with Crippen molar-refractivity contribution >= 4 is 0 Å². The molecule has 3 saturated carbocycles. The average Bonchev–Trinajstić information content (AvgIpc) is 3.35. The minimum Gasteiger partial charge on any atom is -0.374 e. The molecule has 190 valence electrons. The van der Waals surface area contributed by atoms with Crippen LogP contribution in [0.15, 0.2) is 12.2 Å². The van der Waals surface area contributed by atoms with Gasteiger partial charge < -0.3 is 10.2 Å². The van der Waals surface area contributed by atoms with Crippen molar-refractivity contribution in [3.63, 3.8) is 0 Å². The monoisotopic (exact) mass is 506 g/mol. The van der Waals surface area contributed by atoms with Crippen molar-refractivity contribution in [2.75, 3.05) is 0 Å². The van der Waals surface area contributed by atoms with E-state index < -0.39 is 96.1 Å². The summed E-state index contributed by atoms with van der Waals surface area (Å²) in [6, 6.07) is 0. The number of alkyl halides is 12. The number of rotatable bonds is 3. The van der Waals surface area contributed by atoms with Gasteiger partial charge in [0.15, 0.2) is 0 Å². The second-order valence-corrected chi connectivity index (χ2v) is 9.68. The Balaban J connectivity index is 1.86. The summed E-state index contributed by atoms with van der Waals surface area (Å²) in [7, 11) is 0.